The third kappa shape index (κ3) is 3.98. The molecule has 1 aliphatic heterocycles. The highest BCUT2D eigenvalue weighted by Gasteiger charge is 2.55. The number of rotatable bonds is 6. The molecule has 0 amide bonds. The summed E-state index contributed by atoms with van der Waals surface area (Å²) in [4.78, 5) is 26.3. The molecule has 2 heterocycles. The highest BCUT2D eigenvalue weighted by molar-refractivity contribution is 5.60. The normalized spacial score (nSPS) is 18.8. The minimum Gasteiger partial charge on any atom is -0.504 e. The molecule has 1 aromatic rings. The lowest BCUT2D eigenvalue weighted by Gasteiger charge is -2.20. The van der Waals surface area contributed by atoms with Crippen molar-refractivity contribution in [3.05, 3.63) is 34.3 Å². The largest absolute Gasteiger partial charge is 0.508 e. The van der Waals surface area contributed by atoms with Crippen LogP contribution in [0.15, 0.2) is 28.6 Å². The lowest BCUT2D eigenvalue weighted by molar-refractivity contribution is -0.117. The Bertz CT molecular complexity index is 734. The SMILES string of the molecule is CCCCOC(=O)OCC1=C(O)C(F)(F)[C@H](n2ccc(N)nc2=O)O1. The summed E-state index contributed by atoms with van der Waals surface area (Å²) in [5, 5.41) is 9.63. The predicted octanol–water partition coefficient (Wildman–Crippen LogP) is 1.71. The fourth-order valence-corrected chi connectivity index (χ4v) is 1.97. The molecule has 3 N–H and O–H groups in total. The molecular weight excluding hydrogens is 344 g/mol. The second-order valence-electron chi connectivity index (χ2n) is 5.15. The van der Waals surface area contributed by atoms with E-state index in [0.29, 0.717) is 11.0 Å². The van der Waals surface area contributed by atoms with E-state index in [1.54, 1.807) is 0 Å². The van der Waals surface area contributed by atoms with Gasteiger partial charge in [-0.15, -0.1) is 0 Å². The Balaban J connectivity index is 2.08. The first kappa shape index (κ1) is 18.5. The van der Waals surface area contributed by atoms with E-state index in [1.807, 2.05) is 6.92 Å². The van der Waals surface area contributed by atoms with Gasteiger partial charge in [-0.05, 0) is 12.5 Å². The third-order valence-electron chi connectivity index (χ3n) is 3.29. The highest BCUT2D eigenvalue weighted by Crippen LogP contribution is 2.43. The number of carbonyl (C=O) groups excluding carboxylic acids is 1. The quantitative estimate of drug-likeness (QED) is 0.579. The summed E-state index contributed by atoms with van der Waals surface area (Å²) in [5.74, 6) is -6.21. The van der Waals surface area contributed by atoms with E-state index in [9.17, 15) is 23.5 Å². The summed E-state index contributed by atoms with van der Waals surface area (Å²) in [7, 11) is 0. The molecule has 1 atom stereocenters. The average molecular weight is 361 g/mol. The first-order valence-corrected chi connectivity index (χ1v) is 7.38. The number of carbonyl (C=O) groups is 1. The number of nitrogens with zero attached hydrogens (tertiary/aromatic N) is 2. The van der Waals surface area contributed by atoms with Gasteiger partial charge in [-0.25, -0.2) is 9.59 Å². The molecular formula is C14H17F2N3O6. The van der Waals surface area contributed by atoms with Crippen molar-refractivity contribution in [1.29, 1.82) is 0 Å². The van der Waals surface area contributed by atoms with Crippen LogP contribution in [-0.2, 0) is 14.2 Å². The van der Waals surface area contributed by atoms with Crippen LogP contribution in [0.1, 0.15) is 26.0 Å². The molecule has 25 heavy (non-hydrogen) atoms. The fraction of sp³-hybridized carbons (Fsp3) is 0.500. The van der Waals surface area contributed by atoms with Crippen LogP contribution >= 0.6 is 0 Å². The predicted molar refractivity (Wildman–Crippen MR) is 79.8 cm³/mol. The molecule has 0 saturated carbocycles. The summed E-state index contributed by atoms with van der Waals surface area (Å²) in [5.41, 5.74) is 4.21. The maximum atomic E-state index is 14.2. The van der Waals surface area contributed by atoms with Gasteiger partial charge in [0.2, 0.25) is 5.76 Å². The van der Waals surface area contributed by atoms with Crippen LogP contribution in [0.5, 0.6) is 0 Å². The van der Waals surface area contributed by atoms with E-state index in [2.05, 4.69) is 14.5 Å². The molecule has 0 spiro atoms. The first-order valence-electron chi connectivity index (χ1n) is 7.38. The Kier molecular flexibility index (Phi) is 5.45. The van der Waals surface area contributed by atoms with Crippen molar-refractivity contribution >= 4 is 12.0 Å². The van der Waals surface area contributed by atoms with Crippen LogP contribution < -0.4 is 11.4 Å². The molecule has 11 heteroatoms. The number of anilines is 1. The number of hydrogen-bond donors (Lipinski definition) is 2. The number of aliphatic hydroxyl groups excluding tert-OH is 1. The maximum absolute atomic E-state index is 14.2. The van der Waals surface area contributed by atoms with E-state index >= 15 is 0 Å². The molecule has 0 saturated heterocycles. The number of halogens is 2. The van der Waals surface area contributed by atoms with Gasteiger partial charge >= 0.3 is 17.8 Å². The number of nitrogens with two attached hydrogens (primary N) is 1. The van der Waals surface area contributed by atoms with Gasteiger partial charge in [0, 0.05) is 6.20 Å². The second kappa shape index (κ2) is 7.36. The van der Waals surface area contributed by atoms with Gasteiger partial charge in [-0.1, -0.05) is 13.3 Å². The second-order valence-corrected chi connectivity index (χ2v) is 5.15. The summed E-state index contributed by atoms with van der Waals surface area (Å²) in [6.07, 6.45) is -0.898. The Morgan fingerprint density at radius 1 is 1.52 bits per heavy atom. The average Bonchev–Trinajstić information content (AvgIpc) is 2.77. The standard InChI is InChI=1S/C14H17F2N3O6/c1-2-3-6-23-13(22)24-7-8-10(20)14(15,16)11(25-8)19-5-4-9(17)18-12(19)21/h4-5,11,20H,2-3,6-7H2,1H3,(H2,17,18,21)/t11-/m1/s1. The minimum atomic E-state index is -3.92. The van der Waals surface area contributed by atoms with Crippen LogP contribution in [0.4, 0.5) is 19.4 Å². The van der Waals surface area contributed by atoms with Gasteiger partial charge in [0.1, 0.15) is 5.82 Å². The number of ether oxygens (including phenoxy) is 3. The third-order valence-corrected chi connectivity index (χ3v) is 3.29. The number of aromatic nitrogens is 2. The van der Waals surface area contributed by atoms with Gasteiger partial charge in [0.15, 0.2) is 12.4 Å². The van der Waals surface area contributed by atoms with Crippen LogP contribution in [0, 0.1) is 0 Å². The molecule has 0 bridgehead atoms. The van der Waals surface area contributed by atoms with Crippen molar-refractivity contribution in [1.82, 2.24) is 9.55 Å². The molecule has 9 nitrogen and oxygen atoms in total. The van der Waals surface area contributed by atoms with Crippen molar-refractivity contribution in [2.45, 2.75) is 31.9 Å². The van der Waals surface area contributed by atoms with Crippen molar-refractivity contribution in [3.8, 4) is 0 Å². The highest BCUT2D eigenvalue weighted by atomic mass is 19.3. The summed E-state index contributed by atoms with van der Waals surface area (Å²) < 4.78 is 43.0. The van der Waals surface area contributed by atoms with Crippen LogP contribution in [0.3, 0.4) is 0 Å². The van der Waals surface area contributed by atoms with E-state index in [4.69, 9.17) is 10.5 Å². The zero-order valence-electron chi connectivity index (χ0n) is 13.3. The number of aliphatic hydroxyl groups is 1. The van der Waals surface area contributed by atoms with Crippen LogP contribution in [-0.4, -0.2) is 39.9 Å². The topological polar surface area (TPSA) is 126 Å². The Hall–Kier alpha value is -2.85. The van der Waals surface area contributed by atoms with Crippen molar-refractivity contribution < 1.29 is 32.9 Å². The summed E-state index contributed by atoms with van der Waals surface area (Å²) >= 11 is 0. The molecule has 1 aromatic heterocycles. The van der Waals surface area contributed by atoms with Crippen molar-refractivity contribution in [3.63, 3.8) is 0 Å². The van der Waals surface area contributed by atoms with Gasteiger partial charge in [-0.2, -0.15) is 13.8 Å². The van der Waals surface area contributed by atoms with Gasteiger partial charge in [0.05, 0.1) is 6.61 Å². The van der Waals surface area contributed by atoms with Gasteiger partial charge in [0.25, 0.3) is 6.23 Å². The van der Waals surface area contributed by atoms with E-state index < -0.39 is 42.1 Å². The number of unbranched alkanes of at least 4 members (excludes halogenated alkanes) is 1. The van der Waals surface area contributed by atoms with Gasteiger partial charge in [-0.3, -0.25) is 4.57 Å². The summed E-state index contributed by atoms with van der Waals surface area (Å²) in [6, 6.07) is 1.12. The smallest absolute Gasteiger partial charge is 0.504 e. The minimum absolute atomic E-state index is 0.118. The Morgan fingerprint density at radius 2 is 2.24 bits per heavy atom. The van der Waals surface area contributed by atoms with E-state index in [-0.39, 0.29) is 12.4 Å². The molecule has 138 valence electrons. The maximum Gasteiger partial charge on any atom is 0.508 e. The molecule has 0 radical (unpaired) electrons. The lowest BCUT2D eigenvalue weighted by atomic mass is 10.2. The fourth-order valence-electron chi connectivity index (χ4n) is 1.97. The molecule has 0 fully saturated rings. The molecule has 1 aliphatic rings. The lowest BCUT2D eigenvalue weighted by Crippen LogP contribution is -2.36. The van der Waals surface area contributed by atoms with E-state index in [1.165, 1.54) is 0 Å². The Labute approximate surface area is 140 Å². The monoisotopic (exact) mass is 361 g/mol. The zero-order valence-corrected chi connectivity index (χ0v) is 13.3. The van der Waals surface area contributed by atoms with Crippen molar-refractivity contribution in [2.24, 2.45) is 0 Å². The zero-order chi connectivity index (χ0) is 18.6. The van der Waals surface area contributed by atoms with Crippen LogP contribution in [0.2, 0.25) is 0 Å². The van der Waals surface area contributed by atoms with Crippen LogP contribution in [0.25, 0.3) is 0 Å². The number of hydrogen-bond acceptors (Lipinski definition) is 8. The van der Waals surface area contributed by atoms with Crippen molar-refractivity contribution in [2.75, 3.05) is 18.9 Å². The Morgan fingerprint density at radius 3 is 2.88 bits per heavy atom. The molecule has 0 aliphatic carbocycles. The van der Waals surface area contributed by atoms with E-state index in [0.717, 1.165) is 18.7 Å². The molecule has 2 rings (SSSR count). The number of nitrogen functional groups attached to an aromatic ring is 1. The first-order chi connectivity index (χ1) is 11.8. The number of alkyl halides is 2. The van der Waals surface area contributed by atoms with Gasteiger partial charge < -0.3 is 25.1 Å². The summed E-state index contributed by atoms with van der Waals surface area (Å²) in [6.45, 7) is 1.23. The molecule has 0 unspecified atom stereocenters. The molecule has 0 aromatic carbocycles.